The molecule has 0 spiro atoms. The van der Waals surface area contributed by atoms with Gasteiger partial charge in [-0.15, -0.1) is 0 Å². The summed E-state index contributed by atoms with van der Waals surface area (Å²) in [5.74, 6) is -1.94. The number of hydrogen-bond donors (Lipinski definition) is 1. The van der Waals surface area contributed by atoms with Gasteiger partial charge in [-0.3, -0.25) is 5.32 Å². The summed E-state index contributed by atoms with van der Waals surface area (Å²) in [6.07, 6.45) is 5.36. The smallest absolute Gasteiger partial charge is 0.203 e. The normalized spacial score (nSPS) is 16.7. The Bertz CT molecular complexity index is 444. The number of ether oxygens (including phenoxy) is 6. The summed E-state index contributed by atoms with van der Waals surface area (Å²) < 4.78 is 38.6. The highest BCUT2D eigenvalue weighted by atomic mass is 28.2. The van der Waals surface area contributed by atoms with E-state index >= 15 is 0 Å². The van der Waals surface area contributed by atoms with Crippen molar-refractivity contribution in [1.29, 1.82) is 0 Å². The molecule has 9 heteroatoms. The van der Waals surface area contributed by atoms with Crippen molar-refractivity contribution in [2.24, 2.45) is 0 Å². The van der Waals surface area contributed by atoms with Gasteiger partial charge in [0.1, 0.15) is 10.7 Å². The number of hydrogen-bond acceptors (Lipinski definition) is 7. The third-order valence-corrected chi connectivity index (χ3v) is 8.62. The van der Waals surface area contributed by atoms with Crippen LogP contribution in [0.15, 0.2) is 0 Å². The molecule has 2 unspecified atom stereocenters. The van der Waals surface area contributed by atoms with Crippen molar-refractivity contribution >= 4 is 20.5 Å². The van der Waals surface area contributed by atoms with Crippen molar-refractivity contribution in [3.8, 4) is 0 Å². The molecule has 33 heavy (non-hydrogen) atoms. The van der Waals surface area contributed by atoms with E-state index in [4.69, 9.17) is 28.4 Å². The highest BCUT2D eigenvalue weighted by Crippen LogP contribution is 2.35. The van der Waals surface area contributed by atoms with Crippen LogP contribution >= 0.6 is 0 Å². The monoisotopic (exact) mass is 509 g/mol. The second-order valence-corrected chi connectivity index (χ2v) is 12.0. The van der Waals surface area contributed by atoms with Crippen LogP contribution in [-0.4, -0.2) is 82.4 Å². The molecule has 0 fully saturated rings. The molecular formula is C24H55NO6Si2. The maximum atomic E-state index is 6.55. The van der Waals surface area contributed by atoms with E-state index < -0.39 is 22.3 Å². The van der Waals surface area contributed by atoms with Gasteiger partial charge in [-0.25, -0.2) is 0 Å². The molecule has 1 N–H and O–H groups in total. The summed E-state index contributed by atoms with van der Waals surface area (Å²) in [7, 11) is 1.21. The van der Waals surface area contributed by atoms with Crippen LogP contribution in [0, 0.1) is 0 Å². The van der Waals surface area contributed by atoms with Gasteiger partial charge in [-0.2, -0.15) is 0 Å². The maximum Gasteiger partial charge on any atom is 0.203 e. The minimum Gasteiger partial charge on any atom is -0.359 e. The lowest BCUT2D eigenvalue weighted by Crippen LogP contribution is -2.78. The van der Waals surface area contributed by atoms with Crippen molar-refractivity contribution in [2.75, 3.05) is 39.6 Å². The lowest BCUT2D eigenvalue weighted by Gasteiger charge is -2.54. The van der Waals surface area contributed by atoms with Gasteiger partial charge in [-0.05, 0) is 52.4 Å². The summed E-state index contributed by atoms with van der Waals surface area (Å²) in [5.41, 5.74) is 0. The van der Waals surface area contributed by atoms with E-state index in [2.05, 4.69) is 46.9 Å². The molecule has 200 valence electrons. The summed E-state index contributed by atoms with van der Waals surface area (Å²) >= 11 is 0. The van der Waals surface area contributed by atoms with E-state index in [-0.39, 0.29) is 0 Å². The molecule has 0 aromatic rings. The van der Waals surface area contributed by atoms with Gasteiger partial charge in [0.05, 0.1) is 20.5 Å². The Morgan fingerprint density at radius 1 is 0.455 bits per heavy atom. The average Bonchev–Trinajstić information content (AvgIpc) is 2.80. The molecule has 0 rings (SSSR count). The van der Waals surface area contributed by atoms with Crippen LogP contribution in [0.3, 0.4) is 0 Å². The molecule has 0 heterocycles. The number of nitrogens with one attached hydrogen (secondary N) is 1. The molecule has 0 aromatic heterocycles. The minimum absolute atomic E-state index is 0.585. The lowest BCUT2D eigenvalue weighted by atomic mass is 10.2. The van der Waals surface area contributed by atoms with E-state index in [1.54, 1.807) is 0 Å². The topological polar surface area (TPSA) is 67.4 Å². The predicted molar refractivity (Wildman–Crippen MR) is 143 cm³/mol. The summed E-state index contributed by atoms with van der Waals surface area (Å²) in [6, 6.07) is 0. The van der Waals surface area contributed by atoms with Crippen LogP contribution in [0.5, 0.6) is 0 Å². The third-order valence-electron chi connectivity index (χ3n) is 5.73. The molecule has 0 aliphatic rings. The van der Waals surface area contributed by atoms with Gasteiger partial charge in [0.15, 0.2) is 0 Å². The number of rotatable bonds is 22. The van der Waals surface area contributed by atoms with Crippen LogP contribution in [0.2, 0.25) is 0 Å². The molecule has 0 radical (unpaired) electrons. The van der Waals surface area contributed by atoms with Gasteiger partial charge >= 0.3 is 0 Å². The Morgan fingerprint density at radius 3 is 0.879 bits per heavy atom. The first-order chi connectivity index (χ1) is 15.6. The van der Waals surface area contributed by atoms with E-state index in [0.717, 1.165) is 38.5 Å². The second-order valence-electron chi connectivity index (χ2n) is 9.17. The van der Waals surface area contributed by atoms with Crippen molar-refractivity contribution in [1.82, 2.24) is 5.32 Å². The van der Waals surface area contributed by atoms with Crippen LogP contribution in [0.25, 0.3) is 0 Å². The lowest BCUT2D eigenvalue weighted by molar-refractivity contribution is -0.347. The van der Waals surface area contributed by atoms with Gasteiger partial charge in [-0.1, -0.05) is 41.5 Å². The second kappa shape index (κ2) is 16.8. The molecule has 0 saturated carbocycles. The first-order valence-electron chi connectivity index (χ1n) is 13.2. The molecule has 2 atom stereocenters. The molecular weight excluding hydrogens is 454 g/mol. The van der Waals surface area contributed by atoms with E-state index in [9.17, 15) is 0 Å². The maximum absolute atomic E-state index is 6.55. The highest BCUT2D eigenvalue weighted by Gasteiger charge is 2.57. The van der Waals surface area contributed by atoms with Gasteiger partial charge in [0.25, 0.3) is 0 Å². The zero-order valence-electron chi connectivity index (χ0n) is 23.4. The molecule has 0 aliphatic heterocycles. The molecule has 0 aromatic carbocycles. The first kappa shape index (κ1) is 33.2. The molecule has 0 amide bonds. The zero-order chi connectivity index (χ0) is 25.4. The van der Waals surface area contributed by atoms with Crippen LogP contribution in [-0.2, 0) is 28.4 Å². The van der Waals surface area contributed by atoms with Crippen molar-refractivity contribution in [3.05, 3.63) is 0 Å². The van der Waals surface area contributed by atoms with E-state index in [1.807, 2.05) is 13.8 Å². The third kappa shape index (κ3) is 9.97. The molecule has 0 saturated heterocycles. The Kier molecular flexibility index (Phi) is 16.8. The average molecular weight is 510 g/mol. The fourth-order valence-corrected chi connectivity index (χ4v) is 5.89. The van der Waals surface area contributed by atoms with Crippen molar-refractivity contribution in [3.63, 3.8) is 0 Å². The van der Waals surface area contributed by atoms with E-state index in [0.29, 0.717) is 60.1 Å². The Labute approximate surface area is 210 Å². The zero-order valence-corrected chi connectivity index (χ0v) is 27.4. The van der Waals surface area contributed by atoms with Gasteiger partial charge < -0.3 is 28.4 Å². The fraction of sp³-hybridized carbons (Fsp3) is 1.00. The fourth-order valence-electron chi connectivity index (χ4n) is 3.45. The Balaban J connectivity index is 6.44. The summed E-state index contributed by atoms with van der Waals surface area (Å²) in [5, 5.41) is 2.04. The molecule has 0 bridgehead atoms. The summed E-state index contributed by atoms with van der Waals surface area (Å²) in [6.45, 7) is 20.1. The Hall–Kier alpha value is 0.154. The largest absolute Gasteiger partial charge is 0.359 e. The van der Waals surface area contributed by atoms with Crippen molar-refractivity contribution < 1.29 is 28.4 Å². The molecule has 0 aliphatic carbocycles. The summed E-state index contributed by atoms with van der Waals surface area (Å²) in [4.78, 5) is 0. The highest BCUT2D eigenvalue weighted by molar-refractivity contribution is 6.18. The van der Waals surface area contributed by atoms with Gasteiger partial charge in [0.2, 0.25) is 11.6 Å². The van der Waals surface area contributed by atoms with E-state index in [1.165, 1.54) is 0 Å². The first-order valence-corrected chi connectivity index (χ1v) is 15.2. The van der Waals surface area contributed by atoms with Crippen LogP contribution < -0.4 is 5.32 Å². The Morgan fingerprint density at radius 2 is 0.667 bits per heavy atom. The quantitative estimate of drug-likeness (QED) is 0.178. The molecule has 7 nitrogen and oxygen atoms in total. The van der Waals surface area contributed by atoms with Crippen LogP contribution in [0.4, 0.5) is 0 Å². The van der Waals surface area contributed by atoms with Crippen molar-refractivity contribution in [2.45, 2.75) is 116 Å². The standard InChI is InChI=1S/C24H55NO6Si2/c1-9-15-26-21(7,27-16-10-2)23(32,30-19-13-5)25-24(33,31-20-14-6)22(8,28-17-11-3)29-18-12-4/h25H,9-20H2,1-8,32-33H3. The predicted octanol–water partition coefficient (Wildman–Crippen LogP) is 2.61. The SMILES string of the molecule is CCCOC([SiH3])(NC([SiH3])(OCCC)C(C)(OCCC)OCCC)C(C)(OCCC)OCCC. The minimum atomic E-state index is -0.970. The van der Waals surface area contributed by atoms with Gasteiger partial charge in [0, 0.05) is 39.6 Å². The van der Waals surface area contributed by atoms with Crippen LogP contribution in [0.1, 0.15) is 93.9 Å².